The Morgan fingerprint density at radius 2 is 0.480 bits per heavy atom. The van der Waals surface area contributed by atoms with Gasteiger partial charge in [-0.05, 0) is 51.4 Å². The van der Waals surface area contributed by atoms with Gasteiger partial charge in [-0.2, -0.15) is 0 Å². The van der Waals surface area contributed by atoms with Gasteiger partial charge in [0.25, 0.3) is 0 Å². The summed E-state index contributed by atoms with van der Waals surface area (Å²) < 4.78 is 16.8. The third-order valence-electron chi connectivity index (χ3n) is 15.5. The van der Waals surface area contributed by atoms with Crippen LogP contribution in [0, 0.1) is 0 Å². The third-order valence-corrected chi connectivity index (χ3v) is 15.5. The molecule has 0 aliphatic rings. The lowest BCUT2D eigenvalue weighted by Crippen LogP contribution is -2.30. The van der Waals surface area contributed by atoms with Crippen LogP contribution in [0.4, 0.5) is 0 Å². The highest BCUT2D eigenvalue weighted by molar-refractivity contribution is 5.71. The zero-order valence-electron chi connectivity index (χ0n) is 50.8. The van der Waals surface area contributed by atoms with Crippen LogP contribution in [0.15, 0.2) is 24.3 Å². The van der Waals surface area contributed by atoms with Crippen LogP contribution in [0.5, 0.6) is 0 Å². The molecule has 0 amide bonds. The first-order chi connectivity index (χ1) is 37.0. The predicted octanol–water partition coefficient (Wildman–Crippen LogP) is 23.0. The van der Waals surface area contributed by atoms with E-state index >= 15 is 0 Å². The quantitative estimate of drug-likeness (QED) is 0.0261. The van der Waals surface area contributed by atoms with E-state index in [1.54, 1.807) is 0 Å². The van der Waals surface area contributed by atoms with Crippen molar-refractivity contribution in [2.45, 2.75) is 386 Å². The lowest BCUT2D eigenvalue weighted by atomic mass is 10.0. The molecule has 1 atom stereocenters. The summed E-state index contributed by atoms with van der Waals surface area (Å²) in [6, 6.07) is 0. The molecule has 0 aromatic heterocycles. The summed E-state index contributed by atoms with van der Waals surface area (Å²) in [4.78, 5) is 38.1. The van der Waals surface area contributed by atoms with Gasteiger partial charge in [0.1, 0.15) is 13.2 Å². The zero-order chi connectivity index (χ0) is 54.3. The Labute approximate surface area is 468 Å². The van der Waals surface area contributed by atoms with E-state index in [1.807, 2.05) is 0 Å². The van der Waals surface area contributed by atoms with Gasteiger partial charge in [0.05, 0.1) is 0 Å². The number of carbonyl (C=O) groups is 3. The van der Waals surface area contributed by atoms with Crippen molar-refractivity contribution in [2.75, 3.05) is 13.2 Å². The minimum absolute atomic E-state index is 0.0655. The summed E-state index contributed by atoms with van der Waals surface area (Å²) >= 11 is 0. The van der Waals surface area contributed by atoms with Gasteiger partial charge in [-0.15, -0.1) is 0 Å². The Kier molecular flexibility index (Phi) is 62.6. The minimum Gasteiger partial charge on any atom is -0.462 e. The van der Waals surface area contributed by atoms with Crippen LogP contribution in [0.1, 0.15) is 380 Å². The van der Waals surface area contributed by atoms with Crippen molar-refractivity contribution in [3.8, 4) is 0 Å². The van der Waals surface area contributed by atoms with Gasteiger partial charge in [0, 0.05) is 19.3 Å². The van der Waals surface area contributed by atoms with Crippen molar-refractivity contribution in [3.05, 3.63) is 24.3 Å². The molecule has 0 radical (unpaired) electrons. The Bertz CT molecular complexity index is 1210. The van der Waals surface area contributed by atoms with E-state index in [0.29, 0.717) is 19.3 Å². The largest absolute Gasteiger partial charge is 0.462 e. The van der Waals surface area contributed by atoms with Gasteiger partial charge in [0.15, 0.2) is 6.10 Å². The highest BCUT2D eigenvalue weighted by Crippen LogP contribution is 2.18. The molecule has 0 saturated carbocycles. The topological polar surface area (TPSA) is 78.9 Å². The van der Waals surface area contributed by atoms with Crippen molar-refractivity contribution in [1.29, 1.82) is 0 Å². The smallest absolute Gasteiger partial charge is 0.306 e. The second kappa shape index (κ2) is 64.4. The van der Waals surface area contributed by atoms with E-state index in [4.69, 9.17) is 14.2 Å². The number of unbranched alkanes of at least 4 members (excludes halogenated alkanes) is 48. The monoisotopic (exact) mass is 1050 g/mol. The predicted molar refractivity (Wildman–Crippen MR) is 326 cm³/mol. The molecule has 6 nitrogen and oxygen atoms in total. The van der Waals surface area contributed by atoms with E-state index in [2.05, 4.69) is 45.1 Å². The molecule has 0 aromatic rings. The molecule has 0 fully saturated rings. The molecule has 0 saturated heterocycles. The second-order valence-corrected chi connectivity index (χ2v) is 23.1. The van der Waals surface area contributed by atoms with Gasteiger partial charge in [-0.3, -0.25) is 14.4 Å². The molecule has 1 unspecified atom stereocenters. The first-order valence-corrected chi connectivity index (χ1v) is 33.8. The minimum atomic E-state index is -0.765. The number of esters is 3. The first-order valence-electron chi connectivity index (χ1n) is 33.8. The number of rotatable bonds is 63. The standard InChI is InChI=1S/C69H130O6/c1-4-7-10-13-16-18-20-22-24-26-28-30-32-34-35-36-38-39-41-43-45-47-49-51-53-56-59-62-68(71)74-65-66(64-73-67(70)61-58-55-15-12-9-6-3)75-69(72)63-60-57-54-52-50-48-46-44-42-40-37-33-31-29-27-25-23-21-19-17-14-11-8-5-2/h20,22,26,28,66H,4-19,21,23-25,27,29-65H2,1-3H3/b22-20-,28-26-. The Morgan fingerprint density at radius 3 is 0.733 bits per heavy atom. The van der Waals surface area contributed by atoms with Gasteiger partial charge >= 0.3 is 17.9 Å². The van der Waals surface area contributed by atoms with Crippen LogP contribution >= 0.6 is 0 Å². The van der Waals surface area contributed by atoms with Gasteiger partial charge in [-0.1, -0.05) is 334 Å². The fourth-order valence-electron chi connectivity index (χ4n) is 10.4. The molecule has 0 aromatic carbocycles. The lowest BCUT2D eigenvalue weighted by Gasteiger charge is -2.18. The molecule has 0 bridgehead atoms. The molecule has 0 rings (SSSR count). The van der Waals surface area contributed by atoms with Crippen LogP contribution in [-0.2, 0) is 28.6 Å². The molecule has 0 N–H and O–H groups in total. The van der Waals surface area contributed by atoms with Crippen LogP contribution in [0.3, 0.4) is 0 Å². The van der Waals surface area contributed by atoms with Crippen molar-refractivity contribution in [1.82, 2.24) is 0 Å². The molecular formula is C69H130O6. The molecule has 442 valence electrons. The maximum Gasteiger partial charge on any atom is 0.306 e. The first kappa shape index (κ1) is 72.9. The zero-order valence-corrected chi connectivity index (χ0v) is 50.8. The number of carbonyl (C=O) groups excluding carboxylic acids is 3. The summed E-state index contributed by atoms with van der Waals surface area (Å²) in [6.07, 6.45) is 78.1. The highest BCUT2D eigenvalue weighted by Gasteiger charge is 2.19. The van der Waals surface area contributed by atoms with Crippen molar-refractivity contribution < 1.29 is 28.6 Å². The summed E-state index contributed by atoms with van der Waals surface area (Å²) in [5, 5.41) is 0. The van der Waals surface area contributed by atoms with Gasteiger partial charge in [0.2, 0.25) is 0 Å². The molecule has 6 heteroatoms. The van der Waals surface area contributed by atoms with E-state index in [-0.39, 0.29) is 31.1 Å². The second-order valence-electron chi connectivity index (χ2n) is 23.1. The molecular weight excluding hydrogens is 925 g/mol. The molecule has 0 aliphatic carbocycles. The average Bonchev–Trinajstić information content (AvgIpc) is 3.41. The summed E-state index contributed by atoms with van der Waals surface area (Å²) in [5.41, 5.74) is 0. The highest BCUT2D eigenvalue weighted by atomic mass is 16.6. The summed E-state index contributed by atoms with van der Waals surface area (Å²) in [5.74, 6) is -0.848. The number of hydrogen-bond donors (Lipinski definition) is 0. The fraction of sp³-hybridized carbons (Fsp3) is 0.899. The number of allylic oxidation sites excluding steroid dienone is 4. The molecule has 0 aliphatic heterocycles. The van der Waals surface area contributed by atoms with Crippen molar-refractivity contribution in [3.63, 3.8) is 0 Å². The SMILES string of the molecule is CCCCCCC/C=C\C/C=C\CCCCCCCCCCCCCCCCCC(=O)OCC(COC(=O)CCCCCCCC)OC(=O)CCCCCCCCCCCCCCCCCCCCCCCCCC. The van der Waals surface area contributed by atoms with Crippen molar-refractivity contribution in [2.24, 2.45) is 0 Å². The normalized spacial score (nSPS) is 12.1. The molecule has 0 heterocycles. The van der Waals surface area contributed by atoms with E-state index < -0.39 is 6.10 Å². The molecule has 0 spiro atoms. The lowest BCUT2D eigenvalue weighted by molar-refractivity contribution is -0.167. The maximum atomic E-state index is 12.9. The Balaban J connectivity index is 3.99. The van der Waals surface area contributed by atoms with Crippen LogP contribution in [-0.4, -0.2) is 37.2 Å². The van der Waals surface area contributed by atoms with E-state index in [9.17, 15) is 14.4 Å². The van der Waals surface area contributed by atoms with Gasteiger partial charge < -0.3 is 14.2 Å². The third kappa shape index (κ3) is 62.6. The average molecular weight is 1060 g/mol. The Morgan fingerprint density at radius 1 is 0.267 bits per heavy atom. The van der Waals surface area contributed by atoms with E-state index in [1.165, 1.54) is 276 Å². The van der Waals surface area contributed by atoms with Gasteiger partial charge in [-0.25, -0.2) is 0 Å². The summed E-state index contributed by atoms with van der Waals surface area (Å²) in [6.45, 7) is 6.64. The van der Waals surface area contributed by atoms with Crippen LogP contribution < -0.4 is 0 Å². The maximum absolute atomic E-state index is 12.9. The van der Waals surface area contributed by atoms with E-state index in [0.717, 1.165) is 64.2 Å². The molecule has 75 heavy (non-hydrogen) atoms. The number of hydrogen-bond acceptors (Lipinski definition) is 6. The number of ether oxygens (including phenoxy) is 3. The summed E-state index contributed by atoms with van der Waals surface area (Å²) in [7, 11) is 0. The van der Waals surface area contributed by atoms with Crippen LogP contribution in [0.25, 0.3) is 0 Å². The van der Waals surface area contributed by atoms with Crippen LogP contribution in [0.2, 0.25) is 0 Å². The van der Waals surface area contributed by atoms with Crippen molar-refractivity contribution >= 4 is 17.9 Å². The Hall–Kier alpha value is -2.11. The fourth-order valence-corrected chi connectivity index (χ4v) is 10.4.